The first-order valence-electron chi connectivity index (χ1n) is 5.63. The summed E-state index contributed by atoms with van der Waals surface area (Å²) >= 11 is 0. The standard InChI is InChI=1S/C13H19NO2/c1-3-12(11-7-5-4-6-8-11)14-10-9-13(15)16-2/h4-8,12,14H,3,9-10H2,1-2H3. The average Bonchev–Trinajstić information content (AvgIpc) is 2.35. The van der Waals surface area contributed by atoms with E-state index in [0.717, 1.165) is 6.42 Å². The molecule has 0 saturated carbocycles. The molecule has 0 fully saturated rings. The van der Waals surface area contributed by atoms with Crippen molar-refractivity contribution < 1.29 is 9.53 Å². The van der Waals surface area contributed by atoms with Gasteiger partial charge in [0.2, 0.25) is 0 Å². The lowest BCUT2D eigenvalue weighted by atomic mass is 10.0. The largest absolute Gasteiger partial charge is 0.469 e. The highest BCUT2D eigenvalue weighted by molar-refractivity contribution is 5.69. The number of hydrogen-bond acceptors (Lipinski definition) is 3. The van der Waals surface area contributed by atoms with Crippen molar-refractivity contribution in [2.24, 2.45) is 0 Å². The molecule has 0 aromatic heterocycles. The number of nitrogens with one attached hydrogen (secondary N) is 1. The minimum absolute atomic E-state index is 0.171. The Labute approximate surface area is 96.8 Å². The summed E-state index contributed by atoms with van der Waals surface area (Å²) < 4.78 is 4.59. The second kappa shape index (κ2) is 7.01. The van der Waals surface area contributed by atoms with Gasteiger partial charge in [0.25, 0.3) is 0 Å². The maximum atomic E-state index is 11.0. The summed E-state index contributed by atoms with van der Waals surface area (Å²) in [5.74, 6) is -0.171. The Hall–Kier alpha value is -1.35. The normalized spacial score (nSPS) is 12.1. The Morgan fingerprint density at radius 3 is 2.62 bits per heavy atom. The maximum absolute atomic E-state index is 11.0. The number of benzene rings is 1. The molecule has 0 aliphatic carbocycles. The summed E-state index contributed by atoms with van der Waals surface area (Å²) in [4.78, 5) is 11.0. The monoisotopic (exact) mass is 221 g/mol. The van der Waals surface area contributed by atoms with Crippen LogP contribution in [-0.2, 0) is 9.53 Å². The fraction of sp³-hybridized carbons (Fsp3) is 0.462. The first kappa shape index (κ1) is 12.7. The van der Waals surface area contributed by atoms with Gasteiger partial charge in [-0.1, -0.05) is 37.3 Å². The Bertz CT molecular complexity index is 311. The van der Waals surface area contributed by atoms with Gasteiger partial charge in [-0.25, -0.2) is 0 Å². The van der Waals surface area contributed by atoms with E-state index in [-0.39, 0.29) is 5.97 Å². The van der Waals surface area contributed by atoms with Crippen LogP contribution in [0.25, 0.3) is 0 Å². The molecule has 1 rings (SSSR count). The SMILES string of the molecule is CCC(NCCC(=O)OC)c1ccccc1. The van der Waals surface area contributed by atoms with Crippen LogP contribution in [0.15, 0.2) is 30.3 Å². The van der Waals surface area contributed by atoms with Crippen LogP contribution in [0.1, 0.15) is 31.4 Å². The topological polar surface area (TPSA) is 38.3 Å². The summed E-state index contributed by atoms with van der Waals surface area (Å²) in [6.45, 7) is 2.78. The van der Waals surface area contributed by atoms with Crippen LogP contribution in [0.2, 0.25) is 0 Å². The molecule has 1 atom stereocenters. The molecule has 0 heterocycles. The van der Waals surface area contributed by atoms with E-state index in [1.807, 2.05) is 18.2 Å². The van der Waals surface area contributed by atoms with Crippen LogP contribution in [0.5, 0.6) is 0 Å². The summed E-state index contributed by atoms with van der Waals surface area (Å²) in [5.41, 5.74) is 1.26. The van der Waals surface area contributed by atoms with Gasteiger partial charge >= 0.3 is 5.97 Å². The van der Waals surface area contributed by atoms with Gasteiger partial charge in [0.1, 0.15) is 0 Å². The number of esters is 1. The summed E-state index contributed by atoms with van der Waals surface area (Å²) in [5, 5.41) is 3.35. The van der Waals surface area contributed by atoms with Gasteiger partial charge in [0, 0.05) is 12.6 Å². The van der Waals surface area contributed by atoms with Crippen LogP contribution in [0.4, 0.5) is 0 Å². The third-order valence-corrected chi connectivity index (χ3v) is 2.56. The van der Waals surface area contributed by atoms with Crippen molar-refractivity contribution in [1.82, 2.24) is 5.32 Å². The van der Waals surface area contributed by atoms with Crippen molar-refractivity contribution >= 4 is 5.97 Å². The second-order valence-electron chi connectivity index (χ2n) is 3.65. The van der Waals surface area contributed by atoms with Gasteiger partial charge in [-0.05, 0) is 12.0 Å². The summed E-state index contributed by atoms with van der Waals surface area (Å²) in [6.07, 6.45) is 1.42. The number of hydrogen-bond donors (Lipinski definition) is 1. The number of ether oxygens (including phenoxy) is 1. The van der Waals surface area contributed by atoms with Crippen molar-refractivity contribution in [1.29, 1.82) is 0 Å². The third-order valence-electron chi connectivity index (χ3n) is 2.56. The summed E-state index contributed by atoms with van der Waals surface area (Å²) in [6, 6.07) is 10.6. The molecule has 3 nitrogen and oxygen atoms in total. The average molecular weight is 221 g/mol. The minimum Gasteiger partial charge on any atom is -0.469 e. The van der Waals surface area contributed by atoms with Crippen LogP contribution < -0.4 is 5.32 Å². The maximum Gasteiger partial charge on any atom is 0.306 e. The van der Waals surface area contributed by atoms with Crippen LogP contribution in [0, 0.1) is 0 Å². The van der Waals surface area contributed by atoms with Crippen molar-refractivity contribution in [3.05, 3.63) is 35.9 Å². The highest BCUT2D eigenvalue weighted by Crippen LogP contribution is 2.15. The van der Waals surface area contributed by atoms with Gasteiger partial charge in [-0.2, -0.15) is 0 Å². The molecular formula is C13H19NO2. The van der Waals surface area contributed by atoms with E-state index in [4.69, 9.17) is 0 Å². The molecule has 0 aliphatic rings. The molecule has 0 radical (unpaired) electrons. The number of methoxy groups -OCH3 is 1. The Kier molecular flexibility index (Phi) is 5.57. The molecule has 1 N–H and O–H groups in total. The Morgan fingerprint density at radius 1 is 1.38 bits per heavy atom. The zero-order valence-corrected chi connectivity index (χ0v) is 9.90. The second-order valence-corrected chi connectivity index (χ2v) is 3.65. The van der Waals surface area contributed by atoms with Gasteiger partial charge in [-0.15, -0.1) is 0 Å². The van der Waals surface area contributed by atoms with E-state index in [1.54, 1.807) is 0 Å². The van der Waals surface area contributed by atoms with Gasteiger partial charge in [-0.3, -0.25) is 4.79 Å². The van der Waals surface area contributed by atoms with Crippen LogP contribution >= 0.6 is 0 Å². The molecule has 0 spiro atoms. The number of carbonyl (C=O) groups excluding carboxylic acids is 1. The van der Waals surface area contributed by atoms with Crippen LogP contribution in [0.3, 0.4) is 0 Å². The molecular weight excluding hydrogens is 202 g/mol. The van der Waals surface area contributed by atoms with E-state index in [1.165, 1.54) is 12.7 Å². The van der Waals surface area contributed by atoms with E-state index in [2.05, 4.69) is 29.1 Å². The third kappa shape index (κ3) is 4.03. The first-order chi connectivity index (χ1) is 7.77. The van der Waals surface area contributed by atoms with Crippen LogP contribution in [-0.4, -0.2) is 19.6 Å². The van der Waals surface area contributed by atoms with Gasteiger partial charge in [0.05, 0.1) is 13.5 Å². The number of carbonyl (C=O) groups is 1. The van der Waals surface area contributed by atoms with E-state index in [0.29, 0.717) is 19.0 Å². The highest BCUT2D eigenvalue weighted by atomic mass is 16.5. The molecule has 0 bridgehead atoms. The molecule has 0 amide bonds. The van der Waals surface area contributed by atoms with E-state index in [9.17, 15) is 4.79 Å². The molecule has 88 valence electrons. The predicted molar refractivity (Wildman–Crippen MR) is 64.1 cm³/mol. The Morgan fingerprint density at radius 2 is 2.06 bits per heavy atom. The van der Waals surface area contributed by atoms with Gasteiger partial charge in [0.15, 0.2) is 0 Å². The van der Waals surface area contributed by atoms with Crippen molar-refractivity contribution in [3.63, 3.8) is 0 Å². The molecule has 3 heteroatoms. The smallest absolute Gasteiger partial charge is 0.306 e. The van der Waals surface area contributed by atoms with Crippen molar-refractivity contribution in [3.8, 4) is 0 Å². The lowest BCUT2D eigenvalue weighted by molar-refractivity contribution is -0.140. The lowest BCUT2D eigenvalue weighted by Gasteiger charge is -2.16. The zero-order valence-electron chi connectivity index (χ0n) is 9.90. The first-order valence-corrected chi connectivity index (χ1v) is 5.63. The van der Waals surface area contributed by atoms with Gasteiger partial charge < -0.3 is 10.1 Å². The van der Waals surface area contributed by atoms with E-state index < -0.39 is 0 Å². The highest BCUT2D eigenvalue weighted by Gasteiger charge is 2.08. The molecule has 1 aromatic carbocycles. The quantitative estimate of drug-likeness (QED) is 0.749. The molecule has 0 saturated heterocycles. The zero-order chi connectivity index (χ0) is 11.8. The lowest BCUT2D eigenvalue weighted by Crippen LogP contribution is -2.24. The van der Waals surface area contributed by atoms with E-state index >= 15 is 0 Å². The fourth-order valence-corrected chi connectivity index (χ4v) is 1.63. The molecule has 16 heavy (non-hydrogen) atoms. The minimum atomic E-state index is -0.171. The number of rotatable bonds is 6. The Balaban J connectivity index is 2.41. The molecule has 1 aromatic rings. The van der Waals surface area contributed by atoms with Crippen molar-refractivity contribution in [2.75, 3.05) is 13.7 Å². The molecule has 1 unspecified atom stereocenters. The summed E-state index contributed by atoms with van der Waals surface area (Å²) in [7, 11) is 1.41. The van der Waals surface area contributed by atoms with Crippen molar-refractivity contribution in [2.45, 2.75) is 25.8 Å². The molecule has 0 aliphatic heterocycles. The predicted octanol–water partition coefficient (Wildman–Crippen LogP) is 2.29. The fourth-order valence-electron chi connectivity index (χ4n) is 1.63.